The van der Waals surface area contributed by atoms with Crippen LogP contribution in [0.4, 0.5) is 0 Å². The third-order valence-electron chi connectivity index (χ3n) is 4.81. The van der Waals surface area contributed by atoms with Gasteiger partial charge in [-0.2, -0.15) is 0 Å². The van der Waals surface area contributed by atoms with Crippen LogP contribution in [-0.2, 0) is 14.3 Å². The van der Waals surface area contributed by atoms with Crippen molar-refractivity contribution in [2.24, 2.45) is 5.41 Å². The van der Waals surface area contributed by atoms with Crippen LogP contribution >= 0.6 is 0 Å². The molecular formula is C16H27NO4. The van der Waals surface area contributed by atoms with E-state index < -0.39 is 11.4 Å². The Hall–Kier alpha value is -1.10. The number of nitrogens with zero attached hydrogens (tertiary/aromatic N) is 1. The Morgan fingerprint density at radius 3 is 2.48 bits per heavy atom. The Balaban J connectivity index is 2.05. The van der Waals surface area contributed by atoms with Crippen LogP contribution in [0.2, 0.25) is 0 Å². The van der Waals surface area contributed by atoms with Crippen LogP contribution in [0.15, 0.2) is 0 Å². The van der Waals surface area contributed by atoms with Crippen molar-refractivity contribution in [2.45, 2.75) is 64.4 Å². The first kappa shape index (κ1) is 16.3. The Labute approximate surface area is 126 Å². The number of carbonyl (C=O) groups is 2. The van der Waals surface area contributed by atoms with Gasteiger partial charge in [0.25, 0.3) is 0 Å². The molecule has 1 N–H and O–H groups in total. The molecule has 5 nitrogen and oxygen atoms in total. The lowest BCUT2D eigenvalue weighted by Crippen LogP contribution is -2.41. The molecule has 2 rings (SSSR count). The number of carbonyl (C=O) groups excluding carboxylic acids is 1. The Morgan fingerprint density at radius 1 is 1.19 bits per heavy atom. The van der Waals surface area contributed by atoms with Gasteiger partial charge in [-0.05, 0) is 26.2 Å². The molecule has 5 heteroatoms. The minimum Gasteiger partial charge on any atom is -0.481 e. The fourth-order valence-corrected chi connectivity index (χ4v) is 3.49. The molecule has 120 valence electrons. The number of hydrogen-bond donors (Lipinski definition) is 1. The van der Waals surface area contributed by atoms with Gasteiger partial charge in [0.1, 0.15) is 0 Å². The van der Waals surface area contributed by atoms with Crippen LogP contribution < -0.4 is 0 Å². The summed E-state index contributed by atoms with van der Waals surface area (Å²) in [6.07, 6.45) is 6.27. The van der Waals surface area contributed by atoms with Crippen LogP contribution in [0, 0.1) is 5.41 Å². The van der Waals surface area contributed by atoms with Gasteiger partial charge in [-0.3, -0.25) is 9.59 Å². The Bertz CT molecular complexity index is 374. The number of hydrogen-bond acceptors (Lipinski definition) is 3. The van der Waals surface area contributed by atoms with Crippen molar-refractivity contribution in [2.75, 3.05) is 19.7 Å². The van der Waals surface area contributed by atoms with Gasteiger partial charge >= 0.3 is 5.97 Å². The summed E-state index contributed by atoms with van der Waals surface area (Å²) in [6.45, 7) is 3.90. The zero-order valence-electron chi connectivity index (χ0n) is 13.0. The maximum Gasteiger partial charge on any atom is 0.310 e. The minimum absolute atomic E-state index is 0.0170. The molecule has 0 aromatic rings. The van der Waals surface area contributed by atoms with Gasteiger partial charge in [0, 0.05) is 26.1 Å². The van der Waals surface area contributed by atoms with E-state index in [9.17, 15) is 14.7 Å². The van der Waals surface area contributed by atoms with Crippen LogP contribution in [0.1, 0.15) is 58.3 Å². The van der Waals surface area contributed by atoms with E-state index in [1.54, 1.807) is 4.90 Å². The van der Waals surface area contributed by atoms with E-state index in [0.29, 0.717) is 32.5 Å². The van der Waals surface area contributed by atoms with Crippen molar-refractivity contribution in [3.8, 4) is 0 Å². The maximum absolute atomic E-state index is 12.6. The molecular weight excluding hydrogens is 270 g/mol. The van der Waals surface area contributed by atoms with Crippen molar-refractivity contribution in [3.05, 3.63) is 0 Å². The molecule has 1 unspecified atom stereocenters. The second-order valence-electron chi connectivity index (χ2n) is 6.55. The smallest absolute Gasteiger partial charge is 0.310 e. The predicted molar refractivity (Wildman–Crippen MR) is 79.0 cm³/mol. The number of aliphatic carboxylic acids is 1. The molecule has 0 spiro atoms. The first-order valence-electron chi connectivity index (χ1n) is 8.16. The van der Waals surface area contributed by atoms with Crippen molar-refractivity contribution >= 4 is 11.9 Å². The summed E-state index contributed by atoms with van der Waals surface area (Å²) in [4.78, 5) is 26.2. The van der Waals surface area contributed by atoms with Crippen molar-refractivity contribution < 1.29 is 19.4 Å². The topological polar surface area (TPSA) is 66.8 Å². The number of ether oxygens (including phenoxy) is 1. The number of carboxylic acid groups (broad SMARTS) is 1. The molecule has 2 aliphatic rings. The van der Waals surface area contributed by atoms with Crippen LogP contribution in [0.3, 0.4) is 0 Å². The fourth-order valence-electron chi connectivity index (χ4n) is 3.49. The lowest BCUT2D eigenvalue weighted by Gasteiger charge is -2.31. The monoisotopic (exact) mass is 297 g/mol. The molecule has 0 aromatic heterocycles. The summed E-state index contributed by atoms with van der Waals surface area (Å²) in [6, 6.07) is 0. The summed E-state index contributed by atoms with van der Waals surface area (Å²) >= 11 is 0. The molecule has 2 fully saturated rings. The minimum atomic E-state index is -0.843. The molecule has 1 heterocycles. The van der Waals surface area contributed by atoms with E-state index >= 15 is 0 Å². The van der Waals surface area contributed by atoms with Crippen LogP contribution in [-0.4, -0.2) is 47.7 Å². The highest BCUT2D eigenvalue weighted by molar-refractivity contribution is 5.85. The van der Waals surface area contributed by atoms with Crippen LogP contribution in [0.25, 0.3) is 0 Å². The molecule has 1 aliphatic carbocycles. The third-order valence-corrected chi connectivity index (χ3v) is 4.81. The van der Waals surface area contributed by atoms with E-state index in [-0.39, 0.29) is 18.4 Å². The molecule has 0 radical (unpaired) electrons. The fraction of sp³-hybridized carbons (Fsp3) is 0.875. The summed E-state index contributed by atoms with van der Waals surface area (Å²) in [5.74, 6) is -0.812. The summed E-state index contributed by atoms with van der Waals surface area (Å²) in [7, 11) is 0. The highest BCUT2D eigenvalue weighted by atomic mass is 16.5. The second kappa shape index (κ2) is 7.25. The molecule has 1 aliphatic heterocycles. The molecule has 0 aromatic carbocycles. The number of amides is 1. The summed E-state index contributed by atoms with van der Waals surface area (Å²) in [5.41, 5.74) is -0.843. The van der Waals surface area contributed by atoms with Gasteiger partial charge in [-0.1, -0.05) is 25.7 Å². The Kier molecular flexibility index (Phi) is 5.62. The molecule has 1 amide bonds. The van der Waals surface area contributed by atoms with Crippen molar-refractivity contribution in [3.63, 3.8) is 0 Å². The van der Waals surface area contributed by atoms with Crippen LogP contribution in [0.5, 0.6) is 0 Å². The average Bonchev–Trinajstić information content (AvgIpc) is 2.80. The Morgan fingerprint density at radius 2 is 1.86 bits per heavy atom. The van der Waals surface area contributed by atoms with E-state index in [2.05, 4.69) is 0 Å². The normalized spacial score (nSPS) is 26.7. The number of rotatable bonds is 3. The van der Waals surface area contributed by atoms with Crippen molar-refractivity contribution in [1.82, 2.24) is 4.90 Å². The highest BCUT2D eigenvalue weighted by Gasteiger charge is 2.41. The summed E-state index contributed by atoms with van der Waals surface area (Å²) < 4.78 is 5.56. The SMILES string of the molecule is CC1CN(C(=O)CC2(C(=O)O)CCCCCC2)CCCO1. The van der Waals surface area contributed by atoms with Gasteiger partial charge in [0.2, 0.25) is 5.91 Å². The maximum atomic E-state index is 12.6. The average molecular weight is 297 g/mol. The lowest BCUT2D eigenvalue weighted by molar-refractivity contribution is -0.155. The molecule has 1 atom stereocenters. The lowest BCUT2D eigenvalue weighted by atomic mass is 9.77. The molecule has 21 heavy (non-hydrogen) atoms. The van der Waals surface area contributed by atoms with Gasteiger partial charge in [-0.15, -0.1) is 0 Å². The van der Waals surface area contributed by atoms with Gasteiger partial charge < -0.3 is 14.7 Å². The van der Waals surface area contributed by atoms with E-state index in [1.165, 1.54) is 0 Å². The zero-order chi connectivity index (χ0) is 15.3. The second-order valence-corrected chi connectivity index (χ2v) is 6.55. The summed E-state index contributed by atoms with van der Waals surface area (Å²) in [5, 5.41) is 9.67. The van der Waals surface area contributed by atoms with Crippen molar-refractivity contribution in [1.29, 1.82) is 0 Å². The van der Waals surface area contributed by atoms with E-state index in [1.807, 2.05) is 6.92 Å². The van der Waals surface area contributed by atoms with Gasteiger partial charge in [0.05, 0.1) is 11.5 Å². The standard InChI is InChI=1S/C16H27NO4/c1-13-12-17(9-6-10-21-13)14(18)11-16(15(19)20)7-4-2-3-5-8-16/h13H,2-12H2,1H3,(H,19,20). The quantitative estimate of drug-likeness (QED) is 0.813. The third kappa shape index (κ3) is 4.19. The predicted octanol–water partition coefficient (Wildman–Crippen LogP) is 2.44. The largest absolute Gasteiger partial charge is 0.481 e. The molecule has 1 saturated heterocycles. The first-order valence-corrected chi connectivity index (χ1v) is 8.16. The van der Waals surface area contributed by atoms with E-state index in [0.717, 1.165) is 32.1 Å². The van der Waals surface area contributed by atoms with Gasteiger partial charge in [0.15, 0.2) is 0 Å². The highest BCUT2D eigenvalue weighted by Crippen LogP contribution is 2.39. The number of carboxylic acids is 1. The zero-order valence-corrected chi connectivity index (χ0v) is 13.0. The first-order chi connectivity index (χ1) is 10.0. The van der Waals surface area contributed by atoms with E-state index in [4.69, 9.17) is 4.74 Å². The van der Waals surface area contributed by atoms with Gasteiger partial charge in [-0.25, -0.2) is 0 Å². The molecule has 1 saturated carbocycles. The molecule has 0 bridgehead atoms.